The first kappa shape index (κ1) is 5.90. The Hall–Kier alpha value is -1.23. The van der Waals surface area contributed by atoms with Gasteiger partial charge in [-0.2, -0.15) is 0 Å². The number of halogens is 1. The fraction of sp³-hybridized carbons (Fsp3) is 0. The average Bonchev–Trinajstić information content (AvgIpc) is 1.91. The summed E-state index contributed by atoms with van der Waals surface area (Å²) in [6, 6.07) is 0. The zero-order chi connectivity index (χ0) is 6.53. The first-order chi connectivity index (χ1) is 4.43. The molecule has 1 N–H and O–H groups in total. The molecule has 1 rings (SSSR count). The van der Waals surface area contributed by atoms with Crippen LogP contribution in [0.4, 0.5) is 10.2 Å². The fourth-order valence-electron chi connectivity index (χ4n) is 0.396. The highest BCUT2D eigenvalue weighted by Gasteiger charge is 1.86. The second-order valence-electron chi connectivity index (χ2n) is 1.31. The molecular formula is C4H4FN3O. The van der Waals surface area contributed by atoms with E-state index >= 15 is 0 Å². The van der Waals surface area contributed by atoms with E-state index in [0.29, 0.717) is 5.69 Å². The molecule has 0 amide bonds. The number of rotatable bonds is 2. The summed E-state index contributed by atoms with van der Waals surface area (Å²) in [4.78, 5) is 7.17. The minimum atomic E-state index is 0.375. The van der Waals surface area contributed by atoms with Crippen molar-refractivity contribution < 1.29 is 9.57 Å². The van der Waals surface area contributed by atoms with Gasteiger partial charge in [0.2, 0.25) is 0 Å². The minimum absolute atomic E-state index is 0.375. The molecular weight excluding hydrogens is 125 g/mol. The second kappa shape index (κ2) is 2.93. The average molecular weight is 129 g/mol. The fourth-order valence-corrected chi connectivity index (χ4v) is 0.396. The Bertz CT molecular complexity index is 169. The summed E-state index contributed by atoms with van der Waals surface area (Å²) in [7, 11) is 0. The Morgan fingerprint density at radius 2 is 2.11 bits per heavy atom. The lowest BCUT2D eigenvalue weighted by atomic mass is 10.6. The summed E-state index contributed by atoms with van der Waals surface area (Å²) in [6.45, 7) is 0. The molecule has 0 fully saturated rings. The standard InChI is InChI=1S/C4H4FN3O/c5-9-8-4-1-6-3-7-2-4/h1-3,8H. The smallest absolute Gasteiger partial charge is 0.115 e. The van der Waals surface area contributed by atoms with Gasteiger partial charge >= 0.3 is 0 Å². The zero-order valence-corrected chi connectivity index (χ0v) is 4.41. The van der Waals surface area contributed by atoms with Gasteiger partial charge in [-0.05, 0) is 4.53 Å². The van der Waals surface area contributed by atoms with Gasteiger partial charge in [0, 0.05) is 0 Å². The van der Waals surface area contributed by atoms with Gasteiger partial charge in [0.25, 0.3) is 0 Å². The van der Waals surface area contributed by atoms with Crippen molar-refractivity contribution in [2.45, 2.75) is 0 Å². The van der Waals surface area contributed by atoms with Crippen LogP contribution in [-0.4, -0.2) is 9.97 Å². The van der Waals surface area contributed by atoms with Crippen LogP contribution >= 0.6 is 0 Å². The molecule has 0 unspecified atom stereocenters. The molecule has 0 saturated carbocycles. The number of hydrogen-bond acceptors (Lipinski definition) is 4. The molecule has 48 valence electrons. The Kier molecular flexibility index (Phi) is 1.92. The first-order valence-corrected chi connectivity index (χ1v) is 2.22. The first-order valence-electron chi connectivity index (χ1n) is 2.22. The molecule has 0 aliphatic rings. The van der Waals surface area contributed by atoms with Crippen molar-refractivity contribution in [2.24, 2.45) is 0 Å². The highest BCUT2D eigenvalue weighted by molar-refractivity contribution is 5.33. The number of aromatic nitrogens is 2. The Balaban J connectivity index is 2.61. The lowest BCUT2D eigenvalue weighted by Crippen LogP contribution is -1.92. The molecule has 0 aliphatic heterocycles. The molecule has 0 aromatic carbocycles. The van der Waals surface area contributed by atoms with E-state index in [2.05, 4.69) is 15.0 Å². The molecule has 0 bridgehead atoms. The van der Waals surface area contributed by atoms with Crippen LogP contribution in [0.1, 0.15) is 0 Å². The van der Waals surface area contributed by atoms with Crippen molar-refractivity contribution in [3.05, 3.63) is 18.7 Å². The van der Waals surface area contributed by atoms with E-state index in [9.17, 15) is 4.53 Å². The number of nitrogens with one attached hydrogen (secondary N) is 1. The molecule has 0 aliphatic carbocycles. The highest BCUT2D eigenvalue weighted by atomic mass is 19.3. The molecule has 1 heterocycles. The van der Waals surface area contributed by atoms with Crippen molar-refractivity contribution in [1.82, 2.24) is 9.97 Å². The number of nitrogens with zero attached hydrogens (tertiary/aromatic N) is 2. The molecule has 0 spiro atoms. The van der Waals surface area contributed by atoms with Gasteiger partial charge in [0.15, 0.2) is 0 Å². The van der Waals surface area contributed by atoms with Crippen LogP contribution in [0.2, 0.25) is 0 Å². The lowest BCUT2D eigenvalue weighted by Gasteiger charge is -1.93. The monoisotopic (exact) mass is 129 g/mol. The molecule has 0 saturated heterocycles. The molecule has 0 atom stereocenters. The molecule has 1 aromatic rings. The maximum Gasteiger partial charge on any atom is 0.115 e. The second-order valence-corrected chi connectivity index (χ2v) is 1.31. The van der Waals surface area contributed by atoms with Crippen molar-refractivity contribution in [3.63, 3.8) is 0 Å². The summed E-state index contributed by atoms with van der Waals surface area (Å²) in [5, 5.41) is 3.10. The molecule has 4 nitrogen and oxygen atoms in total. The van der Waals surface area contributed by atoms with Crippen molar-refractivity contribution in [1.29, 1.82) is 0 Å². The van der Waals surface area contributed by atoms with E-state index < -0.39 is 0 Å². The van der Waals surface area contributed by atoms with Crippen LogP contribution in [-0.2, 0) is 5.04 Å². The third-order valence-electron chi connectivity index (χ3n) is 0.717. The normalized spacial score (nSPS) is 9.00. The van der Waals surface area contributed by atoms with Gasteiger partial charge in [-0.15, -0.1) is 0 Å². The summed E-state index contributed by atoms with van der Waals surface area (Å²) < 4.78 is 11.0. The maximum absolute atomic E-state index is 11.0. The predicted molar refractivity (Wildman–Crippen MR) is 27.8 cm³/mol. The van der Waals surface area contributed by atoms with Crippen LogP contribution in [0.15, 0.2) is 18.7 Å². The lowest BCUT2D eigenvalue weighted by molar-refractivity contribution is -0.0974. The van der Waals surface area contributed by atoms with Gasteiger partial charge in [-0.25, -0.2) is 15.4 Å². The van der Waals surface area contributed by atoms with Gasteiger partial charge in [0.05, 0.1) is 12.4 Å². The van der Waals surface area contributed by atoms with E-state index in [4.69, 9.17) is 0 Å². The topological polar surface area (TPSA) is 47.0 Å². The van der Waals surface area contributed by atoms with Gasteiger partial charge in [-0.3, -0.25) is 0 Å². The van der Waals surface area contributed by atoms with E-state index in [1.165, 1.54) is 18.7 Å². The maximum atomic E-state index is 11.0. The SMILES string of the molecule is FONc1cncnc1. The molecule has 1 aromatic heterocycles. The third-order valence-corrected chi connectivity index (χ3v) is 0.717. The largest absolute Gasteiger partial charge is 0.243 e. The van der Waals surface area contributed by atoms with E-state index in [1.54, 1.807) is 0 Å². The van der Waals surface area contributed by atoms with Crippen molar-refractivity contribution in [3.8, 4) is 0 Å². The zero-order valence-electron chi connectivity index (χ0n) is 4.41. The van der Waals surface area contributed by atoms with Crippen LogP contribution in [0.3, 0.4) is 0 Å². The van der Waals surface area contributed by atoms with Crippen LogP contribution in [0.5, 0.6) is 0 Å². The number of hydrogen-bond donors (Lipinski definition) is 1. The van der Waals surface area contributed by atoms with Crippen LogP contribution < -0.4 is 5.48 Å². The van der Waals surface area contributed by atoms with E-state index in [1.807, 2.05) is 5.48 Å². The Morgan fingerprint density at radius 1 is 1.44 bits per heavy atom. The van der Waals surface area contributed by atoms with Crippen molar-refractivity contribution in [2.75, 3.05) is 5.48 Å². The minimum Gasteiger partial charge on any atom is -0.243 e. The third kappa shape index (κ3) is 1.61. The summed E-state index contributed by atoms with van der Waals surface area (Å²) in [6.07, 6.45) is 4.10. The van der Waals surface area contributed by atoms with Gasteiger partial charge in [0.1, 0.15) is 12.0 Å². The molecule has 5 heteroatoms. The Morgan fingerprint density at radius 3 is 2.67 bits per heavy atom. The highest BCUT2D eigenvalue weighted by Crippen LogP contribution is 1.98. The quantitative estimate of drug-likeness (QED) is 0.597. The van der Waals surface area contributed by atoms with Crippen molar-refractivity contribution >= 4 is 5.69 Å². The van der Waals surface area contributed by atoms with Crippen LogP contribution in [0, 0.1) is 0 Å². The summed E-state index contributed by atoms with van der Waals surface area (Å²) in [5.74, 6) is 0. The van der Waals surface area contributed by atoms with E-state index in [-0.39, 0.29) is 0 Å². The van der Waals surface area contributed by atoms with E-state index in [0.717, 1.165) is 0 Å². The van der Waals surface area contributed by atoms with Gasteiger partial charge in [-0.1, -0.05) is 5.04 Å². The number of anilines is 1. The van der Waals surface area contributed by atoms with Crippen LogP contribution in [0.25, 0.3) is 0 Å². The van der Waals surface area contributed by atoms with Gasteiger partial charge < -0.3 is 0 Å². The summed E-state index contributed by atoms with van der Waals surface area (Å²) in [5.41, 5.74) is 2.29. The predicted octanol–water partition coefficient (Wildman–Crippen LogP) is 0.705. The summed E-state index contributed by atoms with van der Waals surface area (Å²) >= 11 is 0. The molecule has 9 heavy (non-hydrogen) atoms. The molecule has 0 radical (unpaired) electrons. The Labute approximate surface area is 50.6 Å².